The number of ether oxygens (including phenoxy) is 2. The van der Waals surface area contributed by atoms with Gasteiger partial charge in [0.15, 0.2) is 0 Å². The van der Waals surface area contributed by atoms with Crippen LogP contribution in [0, 0.1) is 5.92 Å². The minimum atomic E-state index is -0.937. The second-order valence-electron chi connectivity index (χ2n) is 6.46. The van der Waals surface area contributed by atoms with E-state index in [4.69, 9.17) is 9.47 Å². The van der Waals surface area contributed by atoms with Crippen molar-refractivity contribution in [3.8, 4) is 0 Å². The first-order valence-corrected chi connectivity index (χ1v) is 8.36. The van der Waals surface area contributed by atoms with Gasteiger partial charge >= 0.3 is 0 Å². The van der Waals surface area contributed by atoms with Crippen LogP contribution in [0.3, 0.4) is 0 Å². The number of aliphatic hydroxyl groups excluding tert-OH is 2. The van der Waals surface area contributed by atoms with Crippen LogP contribution in [0.2, 0.25) is 0 Å². The molecular formula is C18H27NO5. The van der Waals surface area contributed by atoms with Crippen LogP contribution in [-0.2, 0) is 20.7 Å². The predicted octanol–water partition coefficient (Wildman–Crippen LogP) is 0.507. The molecule has 0 aliphatic carbocycles. The van der Waals surface area contributed by atoms with Crippen LogP contribution in [-0.4, -0.2) is 60.3 Å². The summed E-state index contributed by atoms with van der Waals surface area (Å²) in [6.45, 7) is 3.83. The highest BCUT2D eigenvalue weighted by Crippen LogP contribution is 2.22. The minimum Gasteiger partial charge on any atom is -0.394 e. The Hall–Kier alpha value is -1.47. The second kappa shape index (κ2) is 9.13. The number of carbonyl (C=O) groups excluding carboxylic acids is 1. The van der Waals surface area contributed by atoms with Gasteiger partial charge < -0.3 is 25.0 Å². The van der Waals surface area contributed by atoms with Gasteiger partial charge in [-0.15, -0.1) is 0 Å². The SMILES string of the molecule is CC(Cc1ccccc1)NC(=O)COC1C(C)COC(CO)C1O. The molecule has 134 valence electrons. The number of amides is 1. The van der Waals surface area contributed by atoms with E-state index >= 15 is 0 Å². The summed E-state index contributed by atoms with van der Waals surface area (Å²) in [6, 6.07) is 9.94. The first kappa shape index (κ1) is 18.9. The van der Waals surface area contributed by atoms with E-state index in [0.717, 1.165) is 12.0 Å². The van der Waals surface area contributed by atoms with Crippen LogP contribution < -0.4 is 5.32 Å². The number of nitrogens with one attached hydrogen (secondary N) is 1. The van der Waals surface area contributed by atoms with Gasteiger partial charge in [-0.25, -0.2) is 0 Å². The topological polar surface area (TPSA) is 88.0 Å². The quantitative estimate of drug-likeness (QED) is 0.675. The van der Waals surface area contributed by atoms with Gasteiger partial charge in [-0.1, -0.05) is 37.3 Å². The maximum atomic E-state index is 12.1. The summed E-state index contributed by atoms with van der Waals surface area (Å²) in [4.78, 5) is 12.1. The lowest BCUT2D eigenvalue weighted by Crippen LogP contribution is -2.52. The highest BCUT2D eigenvalue weighted by atomic mass is 16.5. The van der Waals surface area contributed by atoms with E-state index in [-0.39, 0.29) is 31.1 Å². The van der Waals surface area contributed by atoms with E-state index < -0.39 is 18.3 Å². The van der Waals surface area contributed by atoms with Crippen LogP contribution in [0.1, 0.15) is 19.4 Å². The molecule has 0 saturated carbocycles. The third-order valence-corrected chi connectivity index (χ3v) is 4.23. The molecular weight excluding hydrogens is 310 g/mol. The molecule has 5 unspecified atom stereocenters. The van der Waals surface area contributed by atoms with Crippen LogP contribution in [0.15, 0.2) is 30.3 Å². The molecule has 6 heteroatoms. The molecule has 1 saturated heterocycles. The smallest absolute Gasteiger partial charge is 0.246 e. The third-order valence-electron chi connectivity index (χ3n) is 4.23. The largest absolute Gasteiger partial charge is 0.394 e. The Labute approximate surface area is 142 Å². The Morgan fingerprint density at radius 1 is 1.42 bits per heavy atom. The Morgan fingerprint density at radius 3 is 2.79 bits per heavy atom. The zero-order valence-electron chi connectivity index (χ0n) is 14.2. The normalized spacial score (nSPS) is 28.3. The minimum absolute atomic E-state index is 0.00859. The molecule has 1 aliphatic rings. The molecule has 1 aromatic carbocycles. The van der Waals surface area contributed by atoms with E-state index in [1.165, 1.54) is 0 Å². The second-order valence-corrected chi connectivity index (χ2v) is 6.46. The maximum absolute atomic E-state index is 12.1. The van der Waals surface area contributed by atoms with Crippen molar-refractivity contribution in [2.24, 2.45) is 5.92 Å². The summed E-state index contributed by atoms with van der Waals surface area (Å²) in [7, 11) is 0. The van der Waals surface area contributed by atoms with Gasteiger partial charge in [0, 0.05) is 12.0 Å². The van der Waals surface area contributed by atoms with Gasteiger partial charge in [-0.05, 0) is 18.9 Å². The molecule has 0 spiro atoms. The van der Waals surface area contributed by atoms with Crippen LogP contribution >= 0.6 is 0 Å². The monoisotopic (exact) mass is 337 g/mol. The molecule has 1 amide bonds. The molecule has 1 fully saturated rings. The lowest BCUT2D eigenvalue weighted by molar-refractivity contribution is -0.189. The summed E-state index contributed by atoms with van der Waals surface area (Å²) < 4.78 is 10.9. The van der Waals surface area contributed by atoms with E-state index in [0.29, 0.717) is 6.61 Å². The van der Waals surface area contributed by atoms with E-state index in [9.17, 15) is 15.0 Å². The van der Waals surface area contributed by atoms with Crippen molar-refractivity contribution in [2.75, 3.05) is 19.8 Å². The molecule has 1 aromatic rings. The standard InChI is InChI=1S/C18H27NO5/c1-12-10-23-15(9-20)17(22)18(12)24-11-16(21)19-13(2)8-14-6-4-3-5-7-14/h3-7,12-13,15,17-18,20,22H,8-11H2,1-2H3,(H,19,21). The predicted molar refractivity (Wildman–Crippen MR) is 89.5 cm³/mol. The fraction of sp³-hybridized carbons (Fsp3) is 0.611. The molecule has 3 N–H and O–H groups in total. The van der Waals surface area contributed by atoms with E-state index in [1.807, 2.05) is 44.2 Å². The first-order chi connectivity index (χ1) is 11.5. The Kier molecular flexibility index (Phi) is 7.17. The van der Waals surface area contributed by atoms with Gasteiger partial charge in [0.05, 0.1) is 19.3 Å². The van der Waals surface area contributed by atoms with Crippen molar-refractivity contribution >= 4 is 5.91 Å². The number of hydrogen-bond acceptors (Lipinski definition) is 5. The van der Waals surface area contributed by atoms with Crippen LogP contribution in [0.25, 0.3) is 0 Å². The molecule has 0 aromatic heterocycles. The van der Waals surface area contributed by atoms with E-state index in [1.54, 1.807) is 0 Å². The van der Waals surface area contributed by atoms with Gasteiger partial charge in [0.25, 0.3) is 0 Å². The molecule has 0 bridgehead atoms. The summed E-state index contributed by atoms with van der Waals surface area (Å²) >= 11 is 0. The Bertz CT molecular complexity index is 509. The van der Waals surface area contributed by atoms with Gasteiger partial charge in [0.2, 0.25) is 5.91 Å². The lowest BCUT2D eigenvalue weighted by atomic mass is 9.94. The van der Waals surface area contributed by atoms with Gasteiger partial charge in [0.1, 0.15) is 18.8 Å². The highest BCUT2D eigenvalue weighted by Gasteiger charge is 2.38. The summed E-state index contributed by atoms with van der Waals surface area (Å²) in [5.41, 5.74) is 1.16. The molecule has 1 heterocycles. The molecule has 1 aliphatic heterocycles. The van der Waals surface area contributed by atoms with Crippen molar-refractivity contribution in [3.63, 3.8) is 0 Å². The first-order valence-electron chi connectivity index (χ1n) is 8.36. The fourth-order valence-electron chi connectivity index (χ4n) is 2.95. The van der Waals surface area contributed by atoms with Gasteiger partial charge in [-0.2, -0.15) is 0 Å². The van der Waals surface area contributed by atoms with Crippen LogP contribution in [0.5, 0.6) is 0 Å². The third kappa shape index (κ3) is 5.27. The average Bonchev–Trinajstić information content (AvgIpc) is 2.55. The number of rotatable bonds is 7. The molecule has 0 radical (unpaired) electrons. The maximum Gasteiger partial charge on any atom is 0.246 e. The van der Waals surface area contributed by atoms with Crippen molar-refractivity contribution in [1.82, 2.24) is 5.32 Å². The number of carbonyl (C=O) groups is 1. The molecule has 6 nitrogen and oxygen atoms in total. The van der Waals surface area contributed by atoms with E-state index in [2.05, 4.69) is 5.32 Å². The molecule has 5 atom stereocenters. The number of hydrogen-bond donors (Lipinski definition) is 3. The summed E-state index contributed by atoms with van der Waals surface area (Å²) in [5.74, 6) is -0.262. The van der Waals surface area contributed by atoms with Crippen molar-refractivity contribution in [1.29, 1.82) is 0 Å². The number of benzene rings is 1. The summed E-state index contributed by atoms with van der Waals surface area (Å²) in [5, 5.41) is 22.2. The average molecular weight is 337 g/mol. The van der Waals surface area contributed by atoms with Gasteiger partial charge in [-0.3, -0.25) is 4.79 Å². The zero-order valence-corrected chi connectivity index (χ0v) is 14.2. The van der Waals surface area contributed by atoms with Crippen molar-refractivity contribution < 1.29 is 24.5 Å². The molecule has 24 heavy (non-hydrogen) atoms. The van der Waals surface area contributed by atoms with Crippen molar-refractivity contribution in [2.45, 2.75) is 44.6 Å². The lowest BCUT2D eigenvalue weighted by Gasteiger charge is -2.38. The van der Waals surface area contributed by atoms with Crippen LogP contribution in [0.4, 0.5) is 0 Å². The zero-order chi connectivity index (χ0) is 17.5. The Morgan fingerprint density at radius 2 is 2.12 bits per heavy atom. The summed E-state index contributed by atoms with van der Waals surface area (Å²) in [6.07, 6.45) is -1.37. The Balaban J connectivity index is 1.77. The fourth-order valence-corrected chi connectivity index (χ4v) is 2.95. The van der Waals surface area contributed by atoms with Crippen molar-refractivity contribution in [3.05, 3.63) is 35.9 Å². The highest BCUT2D eigenvalue weighted by molar-refractivity contribution is 5.77. The number of aliphatic hydroxyl groups is 2. The molecule has 2 rings (SSSR count).